The third-order valence-electron chi connectivity index (χ3n) is 2.24. The van der Waals surface area contributed by atoms with E-state index >= 15 is 0 Å². The summed E-state index contributed by atoms with van der Waals surface area (Å²) >= 11 is 0. The van der Waals surface area contributed by atoms with Crippen LogP contribution in [0.3, 0.4) is 0 Å². The number of esters is 1. The Balaban J connectivity index is 2.72. The Morgan fingerprint density at radius 2 is 2.11 bits per heavy atom. The topological polar surface area (TPSA) is 101 Å². The molecule has 102 valence electrons. The van der Waals surface area contributed by atoms with Gasteiger partial charge in [0.25, 0.3) is 0 Å². The van der Waals surface area contributed by atoms with Gasteiger partial charge in [0, 0.05) is 33.4 Å². The molecule has 0 aromatic carbocycles. The van der Waals surface area contributed by atoms with Gasteiger partial charge < -0.3 is 14.0 Å². The highest BCUT2D eigenvalue weighted by molar-refractivity contribution is 7.89. The van der Waals surface area contributed by atoms with Gasteiger partial charge in [0.1, 0.15) is 10.6 Å². The lowest BCUT2D eigenvalue weighted by Crippen LogP contribution is -2.11. The van der Waals surface area contributed by atoms with Crippen LogP contribution in [0.1, 0.15) is 16.9 Å². The molecule has 0 fully saturated rings. The zero-order valence-electron chi connectivity index (χ0n) is 10.3. The zero-order valence-corrected chi connectivity index (χ0v) is 11.1. The van der Waals surface area contributed by atoms with Crippen molar-refractivity contribution in [1.82, 2.24) is 4.57 Å². The molecular formula is C10H16N2O5S. The predicted octanol–water partition coefficient (Wildman–Crippen LogP) is -0.134. The van der Waals surface area contributed by atoms with E-state index in [1.54, 1.807) is 14.2 Å². The smallest absolute Gasteiger partial charge is 0.354 e. The molecule has 18 heavy (non-hydrogen) atoms. The van der Waals surface area contributed by atoms with Gasteiger partial charge in [-0.25, -0.2) is 18.4 Å². The van der Waals surface area contributed by atoms with Crippen LogP contribution < -0.4 is 5.14 Å². The molecule has 0 bridgehead atoms. The molecule has 0 atom stereocenters. The Bertz CT molecular complexity index is 520. The van der Waals surface area contributed by atoms with Gasteiger partial charge in [-0.2, -0.15) is 0 Å². The first kappa shape index (κ1) is 14.7. The van der Waals surface area contributed by atoms with E-state index in [4.69, 9.17) is 14.6 Å². The number of methoxy groups -OCH3 is 1. The van der Waals surface area contributed by atoms with Crippen molar-refractivity contribution < 1.29 is 22.7 Å². The van der Waals surface area contributed by atoms with E-state index in [2.05, 4.69) is 0 Å². The summed E-state index contributed by atoms with van der Waals surface area (Å²) in [5.41, 5.74) is 0.136. The fourth-order valence-corrected chi connectivity index (χ4v) is 1.92. The molecule has 8 heteroatoms. The number of ether oxygens (including phenoxy) is 2. The van der Waals surface area contributed by atoms with E-state index in [0.29, 0.717) is 13.0 Å². The summed E-state index contributed by atoms with van der Waals surface area (Å²) in [5, 5.41) is 4.97. The molecule has 1 rings (SSSR count). The Morgan fingerprint density at radius 3 is 2.61 bits per heavy atom. The number of sulfonamides is 1. The third-order valence-corrected chi connectivity index (χ3v) is 3.12. The molecule has 0 aliphatic carbocycles. The van der Waals surface area contributed by atoms with Gasteiger partial charge in [0.2, 0.25) is 10.0 Å². The van der Waals surface area contributed by atoms with Gasteiger partial charge in [0.15, 0.2) is 0 Å². The third kappa shape index (κ3) is 3.83. The van der Waals surface area contributed by atoms with Gasteiger partial charge in [-0.1, -0.05) is 0 Å². The molecule has 1 heterocycles. The number of rotatable bonds is 6. The number of primary sulfonamides is 1. The van der Waals surface area contributed by atoms with Gasteiger partial charge in [0.05, 0.1) is 6.61 Å². The highest BCUT2D eigenvalue weighted by Crippen LogP contribution is 2.12. The lowest BCUT2D eigenvalue weighted by Gasteiger charge is -2.04. The molecular weight excluding hydrogens is 260 g/mol. The van der Waals surface area contributed by atoms with Gasteiger partial charge >= 0.3 is 5.97 Å². The fraction of sp³-hybridized carbons (Fsp3) is 0.500. The molecule has 0 aliphatic rings. The maximum atomic E-state index is 11.6. The summed E-state index contributed by atoms with van der Waals surface area (Å²) in [5.74, 6) is -0.594. The molecule has 0 aliphatic heterocycles. The van der Waals surface area contributed by atoms with E-state index in [0.717, 1.165) is 0 Å². The van der Waals surface area contributed by atoms with Crippen molar-refractivity contribution in [3.63, 3.8) is 0 Å². The predicted molar refractivity (Wildman–Crippen MR) is 63.6 cm³/mol. The van der Waals surface area contributed by atoms with Gasteiger partial charge in [-0.3, -0.25) is 0 Å². The number of nitrogens with two attached hydrogens (primary N) is 1. The largest absolute Gasteiger partial charge is 0.461 e. The average Bonchev–Trinajstić information content (AvgIpc) is 2.66. The molecule has 0 unspecified atom stereocenters. The van der Waals surface area contributed by atoms with Crippen molar-refractivity contribution >= 4 is 16.0 Å². The molecule has 0 spiro atoms. The second-order valence-electron chi connectivity index (χ2n) is 3.70. The number of nitrogens with zero attached hydrogens (tertiary/aromatic N) is 1. The fourth-order valence-electron chi connectivity index (χ4n) is 1.33. The van der Waals surface area contributed by atoms with Crippen LogP contribution in [-0.2, 0) is 26.5 Å². The SMILES string of the molecule is COCCCOC(=O)c1cc(S(N)(=O)=O)cn1C. The van der Waals surface area contributed by atoms with Crippen molar-refractivity contribution in [2.45, 2.75) is 11.3 Å². The molecule has 0 saturated heterocycles. The van der Waals surface area contributed by atoms with Crippen LogP contribution in [0.4, 0.5) is 0 Å². The maximum Gasteiger partial charge on any atom is 0.354 e. The minimum Gasteiger partial charge on any atom is -0.461 e. The van der Waals surface area contributed by atoms with Crippen LogP contribution in [-0.4, -0.2) is 39.3 Å². The van der Waals surface area contributed by atoms with Crippen LogP contribution >= 0.6 is 0 Å². The lowest BCUT2D eigenvalue weighted by atomic mass is 10.4. The first-order valence-electron chi connectivity index (χ1n) is 5.21. The molecule has 0 amide bonds. The molecule has 1 aromatic rings. The maximum absolute atomic E-state index is 11.6. The van der Waals surface area contributed by atoms with Crippen molar-refractivity contribution in [1.29, 1.82) is 0 Å². The number of hydrogen-bond acceptors (Lipinski definition) is 5. The summed E-state index contributed by atoms with van der Waals surface area (Å²) in [4.78, 5) is 11.5. The van der Waals surface area contributed by atoms with Crippen molar-refractivity contribution in [3.8, 4) is 0 Å². The number of aromatic nitrogens is 1. The van der Waals surface area contributed by atoms with Gasteiger partial charge in [-0.15, -0.1) is 0 Å². The second-order valence-corrected chi connectivity index (χ2v) is 5.26. The van der Waals surface area contributed by atoms with E-state index in [-0.39, 0.29) is 17.2 Å². The number of aryl methyl sites for hydroxylation is 1. The summed E-state index contributed by atoms with van der Waals surface area (Å²) in [6.07, 6.45) is 1.84. The number of carbonyl (C=O) groups is 1. The molecule has 0 radical (unpaired) electrons. The summed E-state index contributed by atoms with van der Waals surface area (Å²) in [6, 6.07) is 1.19. The molecule has 7 nitrogen and oxygen atoms in total. The lowest BCUT2D eigenvalue weighted by molar-refractivity contribution is 0.0457. The molecule has 1 aromatic heterocycles. The molecule has 0 saturated carbocycles. The van der Waals surface area contributed by atoms with Crippen LogP contribution in [0.5, 0.6) is 0 Å². The van der Waals surface area contributed by atoms with E-state index in [1.807, 2.05) is 0 Å². The Hall–Kier alpha value is -1.38. The van der Waals surface area contributed by atoms with Crippen LogP contribution in [0.2, 0.25) is 0 Å². The Kier molecular flexibility index (Phi) is 4.88. The minimum absolute atomic E-state index is 0.117. The van der Waals surface area contributed by atoms with Crippen molar-refractivity contribution in [3.05, 3.63) is 18.0 Å². The first-order valence-corrected chi connectivity index (χ1v) is 6.76. The summed E-state index contributed by atoms with van der Waals surface area (Å²) < 4.78 is 33.4. The van der Waals surface area contributed by atoms with Crippen LogP contribution in [0, 0.1) is 0 Å². The Morgan fingerprint density at radius 1 is 1.44 bits per heavy atom. The van der Waals surface area contributed by atoms with Crippen LogP contribution in [0.25, 0.3) is 0 Å². The monoisotopic (exact) mass is 276 g/mol. The quantitative estimate of drug-likeness (QED) is 0.576. The van der Waals surface area contributed by atoms with Crippen molar-refractivity contribution in [2.24, 2.45) is 12.2 Å². The zero-order chi connectivity index (χ0) is 13.8. The summed E-state index contributed by atoms with van der Waals surface area (Å²) in [7, 11) is -0.721. The molecule has 2 N–H and O–H groups in total. The van der Waals surface area contributed by atoms with Gasteiger partial charge in [-0.05, 0) is 6.07 Å². The average molecular weight is 276 g/mol. The number of carbonyl (C=O) groups excluding carboxylic acids is 1. The van der Waals surface area contributed by atoms with E-state index in [1.165, 1.54) is 16.8 Å². The number of hydrogen-bond donors (Lipinski definition) is 1. The van der Waals surface area contributed by atoms with Crippen LogP contribution in [0.15, 0.2) is 17.2 Å². The minimum atomic E-state index is -3.82. The van der Waals surface area contributed by atoms with E-state index in [9.17, 15) is 13.2 Å². The standard InChI is InChI=1S/C10H16N2O5S/c1-12-7-8(18(11,14)15)6-9(12)10(13)17-5-3-4-16-2/h6-7H,3-5H2,1-2H3,(H2,11,14,15). The van der Waals surface area contributed by atoms with Crippen molar-refractivity contribution in [2.75, 3.05) is 20.3 Å². The first-order chi connectivity index (χ1) is 8.36. The Labute approximate surface area is 106 Å². The normalized spacial score (nSPS) is 11.5. The second kappa shape index (κ2) is 5.98. The highest BCUT2D eigenvalue weighted by atomic mass is 32.2. The van der Waals surface area contributed by atoms with E-state index < -0.39 is 16.0 Å². The highest BCUT2D eigenvalue weighted by Gasteiger charge is 2.18. The summed E-state index contributed by atoms with van der Waals surface area (Å²) in [6.45, 7) is 0.700.